The lowest BCUT2D eigenvalue weighted by atomic mass is 9.88. The van der Waals surface area contributed by atoms with Crippen LogP contribution < -0.4 is 5.32 Å². The Bertz CT molecular complexity index is 717. The summed E-state index contributed by atoms with van der Waals surface area (Å²) in [5, 5.41) is 4.19. The zero-order valence-corrected chi connectivity index (χ0v) is 14.2. The van der Waals surface area contributed by atoms with Crippen LogP contribution in [0.25, 0.3) is 10.9 Å². The van der Waals surface area contributed by atoms with E-state index in [0.29, 0.717) is 0 Å². The molecule has 2 nitrogen and oxygen atoms in total. The van der Waals surface area contributed by atoms with E-state index in [1.54, 1.807) is 22.2 Å². The van der Waals surface area contributed by atoms with Crippen LogP contribution in [0.15, 0.2) is 18.2 Å². The van der Waals surface area contributed by atoms with Crippen molar-refractivity contribution in [3.05, 3.63) is 35.0 Å². The lowest BCUT2D eigenvalue weighted by molar-refractivity contribution is -0.704. The van der Waals surface area contributed by atoms with E-state index >= 15 is 0 Å². The lowest BCUT2D eigenvalue weighted by Crippen LogP contribution is -2.88. The van der Waals surface area contributed by atoms with Gasteiger partial charge in [0, 0.05) is 17.3 Å². The normalized spacial score (nSPS) is 25.3. The van der Waals surface area contributed by atoms with Crippen molar-refractivity contribution < 1.29 is 5.32 Å². The maximum Gasteiger partial charge on any atom is 0.127 e. The maximum absolute atomic E-state index is 2.66. The summed E-state index contributed by atoms with van der Waals surface area (Å²) < 4.78 is 2.66. The minimum Gasteiger partial charge on any atom is -0.337 e. The molecule has 3 aliphatic rings. The number of quaternary nitrogens is 1. The summed E-state index contributed by atoms with van der Waals surface area (Å²) in [6, 6.07) is 8.24. The van der Waals surface area contributed by atoms with Crippen molar-refractivity contribution in [2.24, 2.45) is 0 Å². The first-order valence-corrected chi connectivity index (χ1v) is 9.90. The van der Waals surface area contributed by atoms with E-state index in [0.717, 1.165) is 12.0 Å². The Morgan fingerprint density at radius 1 is 0.957 bits per heavy atom. The van der Waals surface area contributed by atoms with Gasteiger partial charge in [0.1, 0.15) is 6.04 Å². The van der Waals surface area contributed by atoms with E-state index in [2.05, 4.69) is 28.1 Å². The van der Waals surface area contributed by atoms with E-state index in [4.69, 9.17) is 0 Å². The maximum atomic E-state index is 2.66. The van der Waals surface area contributed by atoms with Crippen molar-refractivity contribution in [1.29, 1.82) is 0 Å². The Morgan fingerprint density at radius 2 is 1.83 bits per heavy atom. The summed E-state index contributed by atoms with van der Waals surface area (Å²) in [6.45, 7) is 2.45. The molecule has 1 aromatic heterocycles. The predicted molar refractivity (Wildman–Crippen MR) is 94.9 cm³/mol. The highest BCUT2D eigenvalue weighted by Gasteiger charge is 2.32. The van der Waals surface area contributed by atoms with Gasteiger partial charge < -0.3 is 9.88 Å². The molecule has 0 unspecified atom stereocenters. The highest BCUT2D eigenvalue weighted by molar-refractivity contribution is 5.87. The number of nitrogens with zero attached hydrogens (tertiary/aromatic N) is 1. The molecule has 2 heterocycles. The van der Waals surface area contributed by atoms with E-state index < -0.39 is 0 Å². The molecule has 2 N–H and O–H groups in total. The highest BCUT2D eigenvalue weighted by Crippen LogP contribution is 2.39. The second-order valence-electron chi connectivity index (χ2n) is 8.00. The number of rotatable bonds is 1. The molecule has 2 aromatic rings. The van der Waals surface area contributed by atoms with E-state index in [1.165, 1.54) is 76.4 Å². The molecule has 23 heavy (non-hydrogen) atoms. The van der Waals surface area contributed by atoms with Crippen LogP contribution in [0.5, 0.6) is 0 Å². The Morgan fingerprint density at radius 3 is 2.70 bits per heavy atom. The van der Waals surface area contributed by atoms with Gasteiger partial charge in [-0.05, 0) is 54.9 Å². The second-order valence-corrected chi connectivity index (χ2v) is 8.00. The summed E-state index contributed by atoms with van der Waals surface area (Å²) in [6.07, 6.45) is 12.6. The molecule has 2 aliphatic carbocycles. The van der Waals surface area contributed by atoms with Gasteiger partial charge in [0.15, 0.2) is 0 Å². The topological polar surface area (TPSA) is 21.5 Å². The number of aryl methyl sites for hydroxylation is 1. The van der Waals surface area contributed by atoms with Crippen LogP contribution in [0, 0.1) is 0 Å². The van der Waals surface area contributed by atoms with Gasteiger partial charge in [-0.25, -0.2) is 0 Å². The molecule has 5 rings (SSSR count). The van der Waals surface area contributed by atoms with E-state index in [-0.39, 0.29) is 0 Å². The van der Waals surface area contributed by atoms with Crippen molar-refractivity contribution in [3.8, 4) is 0 Å². The number of hydrogen-bond acceptors (Lipinski definition) is 0. The van der Waals surface area contributed by atoms with Gasteiger partial charge in [-0.3, -0.25) is 0 Å². The Labute approximate surface area is 139 Å². The van der Waals surface area contributed by atoms with Crippen LogP contribution in [0.1, 0.15) is 80.1 Å². The fourth-order valence-corrected chi connectivity index (χ4v) is 5.53. The molecule has 0 amide bonds. The third-order valence-corrected chi connectivity index (χ3v) is 6.66. The molecular weight excluding hydrogens is 280 g/mol. The zero-order chi connectivity index (χ0) is 15.2. The van der Waals surface area contributed by atoms with Crippen molar-refractivity contribution in [3.63, 3.8) is 0 Å². The Balaban J connectivity index is 1.63. The van der Waals surface area contributed by atoms with Gasteiger partial charge in [0.25, 0.3) is 0 Å². The van der Waals surface area contributed by atoms with Crippen LogP contribution in [-0.2, 0) is 13.0 Å². The Kier molecular flexibility index (Phi) is 3.47. The number of hydrogen-bond donors (Lipinski definition) is 1. The van der Waals surface area contributed by atoms with Crippen molar-refractivity contribution in [2.45, 2.75) is 76.3 Å². The summed E-state index contributed by atoms with van der Waals surface area (Å²) in [4.78, 5) is 0. The van der Waals surface area contributed by atoms with Gasteiger partial charge in [0.2, 0.25) is 0 Å². The molecule has 1 saturated carbocycles. The minimum absolute atomic E-state index is 0.737. The predicted octanol–water partition coefficient (Wildman–Crippen LogP) is 4.03. The molecule has 1 aliphatic heterocycles. The quantitative estimate of drug-likeness (QED) is 0.768. The van der Waals surface area contributed by atoms with Crippen LogP contribution in [0.3, 0.4) is 0 Å². The first-order valence-electron chi connectivity index (χ1n) is 9.90. The summed E-state index contributed by atoms with van der Waals surface area (Å²) in [5.41, 5.74) is 6.52. The van der Waals surface area contributed by atoms with Gasteiger partial charge in [-0.2, -0.15) is 0 Å². The molecular formula is C21H29N2+. The summed E-state index contributed by atoms with van der Waals surface area (Å²) in [7, 11) is 0. The standard InChI is InChI=1S/C21H28N2/c1-2-4-7-15(6-3-1)16-10-11-20-18(14-16)17-8-5-9-19-21(17)23(20)13-12-22-19/h10-11,14-15,19,22H,1-9,12-13H2/p+1/t19-/m1/s1. The smallest absolute Gasteiger partial charge is 0.127 e. The van der Waals surface area contributed by atoms with Crippen molar-refractivity contribution in [1.82, 2.24) is 4.57 Å². The third kappa shape index (κ3) is 2.26. The van der Waals surface area contributed by atoms with E-state index in [1.807, 2.05) is 0 Å². The largest absolute Gasteiger partial charge is 0.337 e. The first kappa shape index (κ1) is 14.1. The van der Waals surface area contributed by atoms with Gasteiger partial charge >= 0.3 is 0 Å². The number of fused-ring (bicyclic) bond motifs is 3. The molecule has 0 bridgehead atoms. The van der Waals surface area contributed by atoms with Crippen LogP contribution in [0.2, 0.25) is 0 Å². The second kappa shape index (κ2) is 5.66. The highest BCUT2D eigenvalue weighted by atomic mass is 15.1. The number of nitrogens with two attached hydrogens (primary N) is 1. The molecule has 1 aromatic carbocycles. The molecule has 122 valence electrons. The average molecular weight is 309 g/mol. The monoisotopic (exact) mass is 309 g/mol. The molecule has 0 saturated heterocycles. The van der Waals surface area contributed by atoms with Crippen molar-refractivity contribution >= 4 is 10.9 Å². The van der Waals surface area contributed by atoms with E-state index in [9.17, 15) is 0 Å². The minimum atomic E-state index is 0.737. The van der Waals surface area contributed by atoms with Gasteiger partial charge in [0.05, 0.1) is 18.8 Å². The lowest BCUT2D eigenvalue weighted by Gasteiger charge is -2.27. The average Bonchev–Trinajstić information content (AvgIpc) is 2.78. The molecule has 1 atom stereocenters. The van der Waals surface area contributed by atoms with Crippen molar-refractivity contribution in [2.75, 3.05) is 6.54 Å². The summed E-state index contributed by atoms with van der Waals surface area (Å²) in [5.74, 6) is 0.817. The SMILES string of the molecule is c1cc2c(cc1C1CCCCCC1)c1c3n2CC[NH2+][C@@H]3CCC1. The van der Waals surface area contributed by atoms with Crippen LogP contribution in [-0.4, -0.2) is 11.1 Å². The fourth-order valence-electron chi connectivity index (χ4n) is 5.53. The fraction of sp³-hybridized carbons (Fsp3) is 0.619. The van der Waals surface area contributed by atoms with Crippen LogP contribution >= 0.6 is 0 Å². The number of benzene rings is 1. The molecule has 2 heteroatoms. The first-order chi connectivity index (χ1) is 11.4. The van der Waals surface area contributed by atoms with Crippen LogP contribution in [0.4, 0.5) is 0 Å². The zero-order valence-electron chi connectivity index (χ0n) is 14.2. The molecule has 0 radical (unpaired) electrons. The summed E-state index contributed by atoms with van der Waals surface area (Å²) >= 11 is 0. The molecule has 0 spiro atoms. The van der Waals surface area contributed by atoms with Gasteiger partial charge in [-0.15, -0.1) is 0 Å². The number of aromatic nitrogens is 1. The third-order valence-electron chi connectivity index (χ3n) is 6.66. The Hall–Kier alpha value is -1.28. The molecule has 1 fully saturated rings. The van der Waals surface area contributed by atoms with Gasteiger partial charge in [-0.1, -0.05) is 31.7 Å².